The van der Waals surface area contributed by atoms with Gasteiger partial charge in [-0.25, -0.2) is 0 Å². The lowest BCUT2D eigenvalue weighted by Crippen LogP contribution is -2.32. The highest BCUT2D eigenvalue weighted by Crippen LogP contribution is 2.33. The number of pyridine rings is 1. The number of nitrogens with zero attached hydrogens (tertiary/aromatic N) is 2. The van der Waals surface area contributed by atoms with Crippen molar-refractivity contribution >= 4 is 28.2 Å². The largest absolute Gasteiger partial charge is 0.394 e. The van der Waals surface area contributed by atoms with E-state index in [9.17, 15) is 5.11 Å². The third-order valence-corrected chi connectivity index (χ3v) is 4.15. The fourth-order valence-electron chi connectivity index (χ4n) is 2.87. The number of rotatable bonds is 3. The zero-order valence-corrected chi connectivity index (χ0v) is 12.0. The summed E-state index contributed by atoms with van der Waals surface area (Å²) >= 11 is 6.02. The van der Waals surface area contributed by atoms with Crippen LogP contribution in [0, 0.1) is 0 Å². The number of methoxy groups -OCH3 is 1. The van der Waals surface area contributed by atoms with Gasteiger partial charge in [0.15, 0.2) is 0 Å². The first-order valence-electron chi connectivity index (χ1n) is 6.67. The van der Waals surface area contributed by atoms with E-state index in [1.807, 2.05) is 24.3 Å². The van der Waals surface area contributed by atoms with Gasteiger partial charge in [-0.05, 0) is 30.7 Å². The summed E-state index contributed by atoms with van der Waals surface area (Å²) in [5.74, 6) is 0. The molecule has 106 valence electrons. The normalized spacial score (nSPS) is 22.6. The van der Waals surface area contributed by atoms with Gasteiger partial charge in [-0.3, -0.25) is 4.98 Å². The zero-order chi connectivity index (χ0) is 14.1. The summed E-state index contributed by atoms with van der Waals surface area (Å²) in [4.78, 5) is 6.56. The lowest BCUT2D eigenvalue weighted by atomic mass is 10.1. The molecule has 1 aliphatic heterocycles. The summed E-state index contributed by atoms with van der Waals surface area (Å²) in [5.41, 5.74) is 1.94. The van der Waals surface area contributed by atoms with Crippen LogP contribution in [0.25, 0.3) is 10.9 Å². The number of hydrogen-bond donors (Lipinski definition) is 1. The third-order valence-electron chi connectivity index (χ3n) is 3.91. The number of aliphatic hydroxyl groups excluding tert-OH is 1. The van der Waals surface area contributed by atoms with E-state index in [2.05, 4.69) is 9.88 Å². The Bertz CT molecular complexity index is 620. The molecule has 1 aliphatic rings. The molecular weight excluding hydrogens is 276 g/mol. The zero-order valence-electron chi connectivity index (χ0n) is 11.3. The maximum absolute atomic E-state index is 9.59. The first kappa shape index (κ1) is 13.6. The average Bonchev–Trinajstić information content (AvgIpc) is 2.89. The molecule has 4 nitrogen and oxygen atoms in total. The van der Waals surface area contributed by atoms with Crippen molar-refractivity contribution in [2.75, 3.05) is 25.2 Å². The minimum absolute atomic E-state index is 0.0845. The molecule has 1 saturated heterocycles. The van der Waals surface area contributed by atoms with Crippen molar-refractivity contribution in [1.29, 1.82) is 0 Å². The fourth-order valence-corrected chi connectivity index (χ4v) is 3.04. The van der Waals surface area contributed by atoms with Crippen LogP contribution in [-0.4, -0.2) is 42.5 Å². The number of ether oxygens (including phenoxy) is 1. The smallest absolute Gasteiger partial charge is 0.0766 e. The summed E-state index contributed by atoms with van der Waals surface area (Å²) in [6.45, 7) is 0.904. The maximum Gasteiger partial charge on any atom is 0.0766 e. The van der Waals surface area contributed by atoms with Crippen LogP contribution in [0.5, 0.6) is 0 Å². The molecule has 0 spiro atoms. The molecule has 0 bridgehead atoms. The first-order chi connectivity index (χ1) is 9.72. The molecule has 0 aliphatic carbocycles. The molecule has 2 atom stereocenters. The van der Waals surface area contributed by atoms with E-state index >= 15 is 0 Å². The second kappa shape index (κ2) is 5.56. The van der Waals surface area contributed by atoms with Crippen LogP contribution in [0.2, 0.25) is 5.02 Å². The topological polar surface area (TPSA) is 45.6 Å². The molecule has 1 aromatic heterocycles. The number of aromatic nitrogens is 1. The Kier molecular flexibility index (Phi) is 3.78. The van der Waals surface area contributed by atoms with E-state index in [0.29, 0.717) is 5.02 Å². The average molecular weight is 293 g/mol. The number of anilines is 1. The van der Waals surface area contributed by atoms with E-state index < -0.39 is 0 Å². The van der Waals surface area contributed by atoms with Gasteiger partial charge in [0, 0.05) is 35.9 Å². The van der Waals surface area contributed by atoms with Crippen molar-refractivity contribution in [3.8, 4) is 0 Å². The maximum atomic E-state index is 9.59. The second-order valence-electron chi connectivity index (χ2n) is 5.07. The van der Waals surface area contributed by atoms with E-state index in [-0.39, 0.29) is 18.8 Å². The minimum atomic E-state index is 0.0845. The molecule has 0 amide bonds. The lowest BCUT2D eigenvalue weighted by Gasteiger charge is -2.26. The van der Waals surface area contributed by atoms with Gasteiger partial charge in [-0.2, -0.15) is 0 Å². The van der Waals surface area contributed by atoms with Crippen molar-refractivity contribution in [2.24, 2.45) is 0 Å². The van der Waals surface area contributed by atoms with Gasteiger partial charge in [0.25, 0.3) is 0 Å². The summed E-state index contributed by atoms with van der Waals surface area (Å²) in [7, 11) is 1.72. The van der Waals surface area contributed by atoms with Crippen LogP contribution in [0.15, 0.2) is 30.5 Å². The van der Waals surface area contributed by atoms with Crippen LogP contribution in [0.4, 0.5) is 5.69 Å². The number of hydrogen-bond acceptors (Lipinski definition) is 4. The van der Waals surface area contributed by atoms with Crippen LogP contribution < -0.4 is 4.90 Å². The lowest BCUT2D eigenvalue weighted by molar-refractivity contribution is 0.115. The van der Waals surface area contributed by atoms with Crippen LogP contribution in [-0.2, 0) is 4.74 Å². The number of benzene rings is 1. The third kappa shape index (κ3) is 2.35. The molecular formula is C15H17ClN2O2. The summed E-state index contributed by atoms with van der Waals surface area (Å²) < 4.78 is 5.44. The molecule has 0 saturated carbocycles. The van der Waals surface area contributed by atoms with Gasteiger partial charge in [0.05, 0.1) is 24.3 Å². The highest BCUT2D eigenvalue weighted by Gasteiger charge is 2.32. The molecule has 0 radical (unpaired) electrons. The Hall–Kier alpha value is -1.36. The Morgan fingerprint density at radius 1 is 1.45 bits per heavy atom. The molecule has 20 heavy (non-hydrogen) atoms. The first-order valence-corrected chi connectivity index (χ1v) is 7.05. The van der Waals surface area contributed by atoms with Gasteiger partial charge in [-0.1, -0.05) is 11.6 Å². The molecule has 1 fully saturated rings. The predicted octanol–water partition coefficient (Wildman–Crippen LogP) is 2.47. The highest BCUT2D eigenvalue weighted by molar-refractivity contribution is 6.31. The summed E-state index contributed by atoms with van der Waals surface area (Å²) in [6, 6.07) is 7.78. The van der Waals surface area contributed by atoms with Crippen molar-refractivity contribution in [3.63, 3.8) is 0 Å². The van der Waals surface area contributed by atoms with Crippen molar-refractivity contribution in [3.05, 3.63) is 35.5 Å². The van der Waals surface area contributed by atoms with Gasteiger partial charge < -0.3 is 14.7 Å². The number of aliphatic hydroxyl groups is 1. The fraction of sp³-hybridized carbons (Fsp3) is 0.400. The van der Waals surface area contributed by atoms with Gasteiger partial charge in [-0.15, -0.1) is 0 Å². The van der Waals surface area contributed by atoms with Gasteiger partial charge in [0.2, 0.25) is 0 Å². The molecule has 3 rings (SSSR count). The van der Waals surface area contributed by atoms with Crippen LogP contribution in [0.1, 0.15) is 6.42 Å². The predicted molar refractivity (Wildman–Crippen MR) is 80.4 cm³/mol. The molecule has 1 N–H and O–H groups in total. The Morgan fingerprint density at radius 2 is 2.30 bits per heavy atom. The van der Waals surface area contributed by atoms with Crippen molar-refractivity contribution < 1.29 is 9.84 Å². The second-order valence-corrected chi connectivity index (χ2v) is 5.51. The van der Waals surface area contributed by atoms with E-state index in [4.69, 9.17) is 16.3 Å². The SMILES string of the molecule is CO[C@H]1C[C@@H](CO)N(c2ccnc3cc(Cl)ccc23)C1. The molecule has 2 aromatic rings. The van der Waals surface area contributed by atoms with Crippen molar-refractivity contribution in [1.82, 2.24) is 4.98 Å². The van der Waals surface area contributed by atoms with Crippen molar-refractivity contribution in [2.45, 2.75) is 18.6 Å². The molecule has 2 heterocycles. The Morgan fingerprint density at radius 3 is 3.05 bits per heavy atom. The Labute approximate surface area is 122 Å². The quantitative estimate of drug-likeness (QED) is 0.944. The Balaban J connectivity index is 2.05. The minimum Gasteiger partial charge on any atom is -0.394 e. The van der Waals surface area contributed by atoms with Gasteiger partial charge >= 0.3 is 0 Å². The molecule has 5 heteroatoms. The van der Waals surface area contributed by atoms with Crippen LogP contribution >= 0.6 is 11.6 Å². The number of halogens is 1. The molecule has 0 unspecified atom stereocenters. The highest BCUT2D eigenvalue weighted by atomic mass is 35.5. The summed E-state index contributed by atoms with van der Waals surface area (Å²) in [5, 5.41) is 11.3. The monoisotopic (exact) mass is 292 g/mol. The number of fused-ring (bicyclic) bond motifs is 1. The van der Waals surface area contributed by atoms with Crippen LogP contribution in [0.3, 0.4) is 0 Å². The summed E-state index contributed by atoms with van der Waals surface area (Å²) in [6.07, 6.45) is 2.77. The van der Waals surface area contributed by atoms with E-state index in [1.54, 1.807) is 13.3 Å². The van der Waals surface area contributed by atoms with Gasteiger partial charge in [0.1, 0.15) is 0 Å². The standard InChI is InChI=1S/C15H17ClN2O2/c1-20-12-7-11(9-19)18(8-12)15-4-5-17-14-6-10(16)2-3-13(14)15/h2-6,11-12,19H,7-9H2,1H3/t11-,12-/m0/s1. The van der Waals surface area contributed by atoms with E-state index in [1.165, 1.54) is 0 Å². The van der Waals surface area contributed by atoms with E-state index in [0.717, 1.165) is 29.6 Å². The molecule has 1 aromatic carbocycles.